The van der Waals surface area contributed by atoms with Gasteiger partial charge in [-0.1, -0.05) is 37.3 Å². The molecule has 0 saturated heterocycles. The number of rotatable bonds is 10. The van der Waals surface area contributed by atoms with Crippen molar-refractivity contribution >= 4 is 27.9 Å². The van der Waals surface area contributed by atoms with Crippen LogP contribution in [-0.2, 0) is 21.3 Å². The second-order valence-electron chi connectivity index (χ2n) is 8.70. The van der Waals surface area contributed by atoms with Crippen LogP contribution in [0, 0.1) is 6.92 Å². The Morgan fingerprint density at radius 2 is 1.86 bits per heavy atom. The summed E-state index contributed by atoms with van der Waals surface area (Å²) in [6.45, 7) is 6.49. The molecule has 10 nitrogen and oxygen atoms in total. The summed E-state index contributed by atoms with van der Waals surface area (Å²) in [6, 6.07) is 8.33. The Bertz CT molecular complexity index is 1360. The van der Waals surface area contributed by atoms with Crippen molar-refractivity contribution < 1.29 is 17.9 Å². The Kier molecular flexibility index (Phi) is 9.14. The van der Waals surface area contributed by atoms with Gasteiger partial charge in [-0.3, -0.25) is 4.68 Å². The van der Waals surface area contributed by atoms with E-state index in [1.54, 1.807) is 47.3 Å². The highest BCUT2D eigenvalue weighted by atomic mass is 32.2. The van der Waals surface area contributed by atoms with Crippen LogP contribution in [0.1, 0.15) is 79.2 Å². The van der Waals surface area contributed by atoms with Crippen molar-refractivity contribution in [2.45, 2.75) is 70.2 Å². The molecule has 0 bridgehead atoms. The fourth-order valence-electron chi connectivity index (χ4n) is 4.16. The first kappa shape index (κ1) is 28.0. The lowest BCUT2D eigenvalue weighted by atomic mass is 10.1. The largest absolute Gasteiger partial charge is 0.464 e. The Labute approximate surface area is 218 Å². The zero-order valence-electron chi connectivity index (χ0n) is 21.8. The van der Waals surface area contributed by atoms with E-state index < -0.39 is 16.0 Å². The van der Waals surface area contributed by atoms with Gasteiger partial charge in [0.15, 0.2) is 5.69 Å². The van der Waals surface area contributed by atoms with Crippen LogP contribution in [-0.4, -0.2) is 40.5 Å². The summed E-state index contributed by atoms with van der Waals surface area (Å²) >= 11 is 0. The van der Waals surface area contributed by atoms with Gasteiger partial charge in [-0.2, -0.15) is 0 Å². The van der Waals surface area contributed by atoms with Crippen LogP contribution >= 0.6 is 0 Å². The predicted molar refractivity (Wildman–Crippen MR) is 143 cm³/mol. The highest BCUT2D eigenvalue weighted by Crippen LogP contribution is 2.46. The molecule has 4 N–H and O–H groups in total. The summed E-state index contributed by atoms with van der Waals surface area (Å²) in [5.74, 6) is -0.158. The van der Waals surface area contributed by atoms with E-state index in [0.717, 1.165) is 36.9 Å². The molecule has 1 aromatic carbocycles. The monoisotopic (exact) mass is 528 g/mol. The fourth-order valence-corrected chi connectivity index (χ4v) is 5.77. The van der Waals surface area contributed by atoms with Crippen LogP contribution in [0.2, 0.25) is 0 Å². The first-order valence-electron chi connectivity index (χ1n) is 12.5. The Balaban J connectivity index is 0.00000186. The lowest BCUT2D eigenvalue weighted by Gasteiger charge is -2.12. The van der Waals surface area contributed by atoms with Crippen molar-refractivity contribution in [1.29, 1.82) is 0 Å². The van der Waals surface area contributed by atoms with Gasteiger partial charge >= 0.3 is 5.97 Å². The van der Waals surface area contributed by atoms with E-state index in [1.165, 1.54) is 11.1 Å². The molecule has 0 aliphatic heterocycles. The molecule has 11 heteroatoms. The summed E-state index contributed by atoms with van der Waals surface area (Å²) < 4.78 is 34.4. The second-order valence-corrected chi connectivity index (χ2v) is 10.5. The summed E-state index contributed by atoms with van der Waals surface area (Å²) in [7, 11) is -2.53. The molecule has 4 rings (SSSR count). The Morgan fingerprint density at radius 1 is 1.19 bits per heavy atom. The van der Waals surface area contributed by atoms with E-state index in [9.17, 15) is 13.2 Å². The fraction of sp³-hybridized carbons (Fsp3) is 0.423. The van der Waals surface area contributed by atoms with Crippen molar-refractivity contribution in [2.24, 2.45) is 5.73 Å². The van der Waals surface area contributed by atoms with Crippen molar-refractivity contribution in [3.63, 3.8) is 0 Å². The number of aryl methyl sites for hydroxylation is 1. The second kappa shape index (κ2) is 12.1. The topological polar surface area (TPSA) is 148 Å². The number of nitrogens with two attached hydrogens (primary N) is 2. The quantitative estimate of drug-likeness (QED) is 0.295. The van der Waals surface area contributed by atoms with Gasteiger partial charge in [-0.15, -0.1) is 5.10 Å². The number of nitrogen functional groups attached to an aromatic ring is 1. The predicted octanol–water partition coefficient (Wildman–Crippen LogP) is 4.07. The number of unbranched alkanes of at least 4 members (excludes halogenated alkanes) is 1. The number of ether oxygens (including phenoxy) is 1. The average Bonchev–Trinajstić information content (AvgIpc) is 3.58. The number of carbonyl (C=O) groups is 1. The number of benzene rings is 1. The van der Waals surface area contributed by atoms with Crippen LogP contribution in [0.25, 0.3) is 6.08 Å². The smallest absolute Gasteiger partial charge is 0.360 e. The van der Waals surface area contributed by atoms with Crippen LogP contribution in [0.4, 0.5) is 5.82 Å². The average molecular weight is 529 g/mol. The molecule has 1 fully saturated rings. The minimum Gasteiger partial charge on any atom is -0.464 e. The number of methoxy groups -OCH3 is 1. The third-order valence-electron chi connectivity index (χ3n) is 6.11. The number of nitrogens with zero attached hydrogens (tertiary/aromatic N) is 4. The molecule has 2 aromatic heterocycles. The molecule has 0 unspecified atom stereocenters. The van der Waals surface area contributed by atoms with E-state index in [0.29, 0.717) is 24.2 Å². The van der Waals surface area contributed by atoms with Crippen LogP contribution in [0.5, 0.6) is 0 Å². The number of esters is 1. The molecule has 37 heavy (non-hydrogen) atoms. The first-order valence-corrected chi connectivity index (χ1v) is 13.9. The normalized spacial score (nSPS) is 13.7. The molecular weight excluding hydrogens is 492 g/mol. The van der Waals surface area contributed by atoms with Gasteiger partial charge in [0.2, 0.25) is 0 Å². The van der Waals surface area contributed by atoms with Gasteiger partial charge in [0, 0.05) is 29.4 Å². The minimum absolute atomic E-state index is 0.166. The molecular formula is C26H36N6O4S. The van der Waals surface area contributed by atoms with Gasteiger partial charge in [0.25, 0.3) is 10.0 Å². The Morgan fingerprint density at radius 3 is 2.49 bits per heavy atom. The zero-order valence-corrected chi connectivity index (χ0v) is 22.7. The van der Waals surface area contributed by atoms with Crippen LogP contribution in [0.15, 0.2) is 47.1 Å². The molecule has 200 valence electrons. The standard InChI is InChI=1S/C24H30N6O4S.C2H6/c1-16-20(14-18(25)8-6-7-13-29-15-21(27-28-29)24(31)34-2)23(26)30(22(16)17-11-12-17)35(32,33)19-9-4-3-5-10-19;1-2/h3-5,9-10,14-15,17H,6-8,11-13,25-26H2,1-2H3;1-2H3/b18-14-;. The van der Waals surface area contributed by atoms with Crippen LogP contribution in [0.3, 0.4) is 0 Å². The van der Waals surface area contributed by atoms with Crippen molar-refractivity contribution in [3.05, 3.63) is 64.7 Å². The third-order valence-corrected chi connectivity index (χ3v) is 7.85. The maximum absolute atomic E-state index is 13.5. The molecule has 0 atom stereocenters. The SMILES string of the molecule is CC.COC(=O)c1cn(CCCC/C(N)=C/c2c(C)c(C3CC3)n(S(=O)(=O)c3ccccc3)c2N)nn1. The summed E-state index contributed by atoms with van der Waals surface area (Å²) in [6.07, 6.45) is 7.35. The van der Waals surface area contributed by atoms with Gasteiger partial charge in [-0.25, -0.2) is 17.2 Å². The maximum Gasteiger partial charge on any atom is 0.360 e. The molecule has 1 aliphatic rings. The maximum atomic E-state index is 13.5. The minimum atomic E-state index is -3.83. The van der Waals surface area contributed by atoms with E-state index in [-0.39, 0.29) is 22.3 Å². The number of hydrogen-bond donors (Lipinski definition) is 2. The van der Waals surface area contributed by atoms with Crippen LogP contribution < -0.4 is 11.5 Å². The number of hydrogen-bond acceptors (Lipinski definition) is 8. The lowest BCUT2D eigenvalue weighted by molar-refractivity contribution is 0.0594. The zero-order chi connectivity index (χ0) is 27.2. The Hall–Kier alpha value is -3.60. The van der Waals surface area contributed by atoms with Gasteiger partial charge in [0.05, 0.1) is 18.2 Å². The van der Waals surface area contributed by atoms with E-state index >= 15 is 0 Å². The van der Waals surface area contributed by atoms with E-state index in [1.807, 2.05) is 20.8 Å². The molecule has 3 aromatic rings. The highest BCUT2D eigenvalue weighted by Gasteiger charge is 2.36. The summed E-state index contributed by atoms with van der Waals surface area (Å²) in [5, 5.41) is 7.70. The van der Waals surface area contributed by atoms with Crippen molar-refractivity contribution in [3.8, 4) is 0 Å². The van der Waals surface area contributed by atoms with Crippen molar-refractivity contribution in [1.82, 2.24) is 19.0 Å². The number of carbonyl (C=O) groups excluding carboxylic acids is 1. The summed E-state index contributed by atoms with van der Waals surface area (Å²) in [5.41, 5.74) is 15.8. The van der Waals surface area contributed by atoms with Crippen molar-refractivity contribution in [2.75, 3.05) is 12.8 Å². The number of anilines is 1. The van der Waals surface area contributed by atoms with E-state index in [2.05, 4.69) is 15.0 Å². The molecule has 0 amide bonds. The summed E-state index contributed by atoms with van der Waals surface area (Å²) in [4.78, 5) is 11.7. The molecule has 1 saturated carbocycles. The van der Waals surface area contributed by atoms with Gasteiger partial charge in [-0.05, 0) is 62.8 Å². The highest BCUT2D eigenvalue weighted by molar-refractivity contribution is 7.90. The molecule has 0 radical (unpaired) electrons. The number of allylic oxidation sites excluding steroid dienone is 1. The van der Waals surface area contributed by atoms with Gasteiger partial charge in [0.1, 0.15) is 5.82 Å². The third kappa shape index (κ3) is 6.22. The lowest BCUT2D eigenvalue weighted by Crippen LogP contribution is -2.18. The first-order chi connectivity index (χ1) is 17.7. The van der Waals surface area contributed by atoms with E-state index in [4.69, 9.17) is 11.5 Å². The molecule has 2 heterocycles. The van der Waals surface area contributed by atoms with Gasteiger partial charge < -0.3 is 16.2 Å². The number of aromatic nitrogens is 4. The molecule has 1 aliphatic carbocycles. The molecule has 0 spiro atoms.